The van der Waals surface area contributed by atoms with Gasteiger partial charge >= 0.3 is 5.97 Å². The highest BCUT2D eigenvalue weighted by Gasteiger charge is 2.34. The van der Waals surface area contributed by atoms with E-state index >= 15 is 0 Å². The summed E-state index contributed by atoms with van der Waals surface area (Å²) in [6, 6.07) is 5.05. The van der Waals surface area contributed by atoms with Crippen LogP contribution in [0.3, 0.4) is 0 Å². The van der Waals surface area contributed by atoms with Crippen LogP contribution in [0.25, 0.3) is 11.1 Å². The summed E-state index contributed by atoms with van der Waals surface area (Å²) in [6.07, 6.45) is 5.74. The Kier molecular flexibility index (Phi) is 2.81. The van der Waals surface area contributed by atoms with Crippen molar-refractivity contribution in [2.24, 2.45) is 0 Å². The van der Waals surface area contributed by atoms with Crippen molar-refractivity contribution in [3.63, 3.8) is 0 Å². The molecule has 0 bridgehead atoms. The maximum Gasteiger partial charge on any atom is 0.338 e. The molecule has 0 amide bonds. The first-order valence-corrected chi connectivity index (χ1v) is 6.73. The maximum absolute atomic E-state index is 11.2. The number of carbonyl (C=O) groups is 1. The number of carboxylic acids is 1. The maximum atomic E-state index is 11.2. The lowest BCUT2D eigenvalue weighted by atomic mass is 9.76. The summed E-state index contributed by atoms with van der Waals surface area (Å²) in [6.45, 7) is 2.16. The fourth-order valence-electron chi connectivity index (χ4n) is 2.93. The predicted octanol–water partition coefficient (Wildman–Crippen LogP) is 3.75. The number of benzene rings is 1. The van der Waals surface area contributed by atoms with E-state index in [1.807, 2.05) is 0 Å². The number of carboxylic acid groups (broad SMARTS) is 1. The molecule has 0 unspecified atom stereocenters. The van der Waals surface area contributed by atoms with Gasteiger partial charge < -0.3 is 9.52 Å². The van der Waals surface area contributed by atoms with Gasteiger partial charge in [-0.2, -0.15) is 0 Å². The standard InChI is InChI=1S/C15H17NO3/c1-15(8-3-2-4-9-15)14-16-12-10(13(17)18)6-5-7-11(12)19-14/h5-7H,2-4,8-9H2,1H3,(H,17,18). The van der Waals surface area contributed by atoms with Gasteiger partial charge in [-0.15, -0.1) is 0 Å². The molecule has 1 saturated carbocycles. The van der Waals surface area contributed by atoms with E-state index in [9.17, 15) is 9.90 Å². The smallest absolute Gasteiger partial charge is 0.338 e. The first-order valence-electron chi connectivity index (χ1n) is 6.73. The first-order chi connectivity index (χ1) is 9.10. The third-order valence-corrected chi connectivity index (χ3v) is 4.12. The monoisotopic (exact) mass is 259 g/mol. The van der Waals surface area contributed by atoms with Crippen LogP contribution >= 0.6 is 0 Å². The van der Waals surface area contributed by atoms with Crippen LogP contribution in [0.1, 0.15) is 55.3 Å². The summed E-state index contributed by atoms with van der Waals surface area (Å²) in [5, 5.41) is 9.18. The zero-order chi connectivity index (χ0) is 13.5. The normalized spacial score (nSPS) is 18.6. The van der Waals surface area contributed by atoms with E-state index in [0.717, 1.165) is 12.8 Å². The average Bonchev–Trinajstić information content (AvgIpc) is 2.83. The number of aromatic nitrogens is 1. The highest BCUT2D eigenvalue weighted by Crippen LogP contribution is 2.39. The quantitative estimate of drug-likeness (QED) is 0.892. The topological polar surface area (TPSA) is 63.3 Å². The van der Waals surface area contributed by atoms with Gasteiger partial charge in [-0.3, -0.25) is 0 Å². The van der Waals surface area contributed by atoms with Crippen LogP contribution < -0.4 is 0 Å². The third kappa shape index (κ3) is 2.01. The van der Waals surface area contributed by atoms with E-state index in [1.165, 1.54) is 19.3 Å². The minimum absolute atomic E-state index is 0.0486. The summed E-state index contributed by atoms with van der Waals surface area (Å²) in [5.74, 6) is -0.268. The first kappa shape index (κ1) is 12.2. The van der Waals surface area contributed by atoms with Gasteiger partial charge in [0.15, 0.2) is 5.58 Å². The second kappa shape index (κ2) is 4.37. The molecule has 4 nitrogen and oxygen atoms in total. The molecular formula is C15H17NO3. The van der Waals surface area contributed by atoms with Gasteiger partial charge in [-0.05, 0) is 25.0 Å². The Morgan fingerprint density at radius 2 is 2.05 bits per heavy atom. The fraction of sp³-hybridized carbons (Fsp3) is 0.467. The summed E-state index contributed by atoms with van der Waals surface area (Å²) in [5.41, 5.74) is 1.21. The molecule has 1 aliphatic carbocycles. The van der Waals surface area contributed by atoms with Gasteiger partial charge in [0.1, 0.15) is 5.52 Å². The van der Waals surface area contributed by atoms with Crippen molar-refractivity contribution in [3.8, 4) is 0 Å². The van der Waals surface area contributed by atoms with Crippen molar-refractivity contribution in [2.75, 3.05) is 0 Å². The molecule has 3 rings (SSSR count). The van der Waals surface area contributed by atoms with Crippen LogP contribution in [0.4, 0.5) is 0 Å². The van der Waals surface area contributed by atoms with Crippen LogP contribution in [0.2, 0.25) is 0 Å². The molecule has 1 aromatic heterocycles. The van der Waals surface area contributed by atoms with Crippen LogP contribution in [-0.4, -0.2) is 16.1 Å². The molecule has 1 aromatic carbocycles. The molecule has 2 aromatic rings. The molecule has 4 heteroatoms. The van der Waals surface area contributed by atoms with Crippen molar-refractivity contribution in [1.29, 1.82) is 0 Å². The minimum atomic E-state index is -0.959. The summed E-state index contributed by atoms with van der Waals surface area (Å²) in [4.78, 5) is 15.7. The highest BCUT2D eigenvalue weighted by atomic mass is 16.4. The minimum Gasteiger partial charge on any atom is -0.478 e. The summed E-state index contributed by atoms with van der Waals surface area (Å²) >= 11 is 0. The predicted molar refractivity (Wildman–Crippen MR) is 71.4 cm³/mol. The Morgan fingerprint density at radius 3 is 2.74 bits per heavy atom. The SMILES string of the molecule is CC1(c2nc3c(C(=O)O)cccc3o2)CCCCC1. The Labute approximate surface area is 111 Å². The second-order valence-electron chi connectivity index (χ2n) is 5.60. The van der Waals surface area contributed by atoms with E-state index in [-0.39, 0.29) is 11.0 Å². The highest BCUT2D eigenvalue weighted by molar-refractivity contribution is 6.00. The van der Waals surface area contributed by atoms with Gasteiger partial charge in [0, 0.05) is 5.41 Å². The molecule has 1 aliphatic rings. The number of nitrogens with zero attached hydrogens (tertiary/aromatic N) is 1. The van der Waals surface area contributed by atoms with Crippen LogP contribution in [-0.2, 0) is 5.41 Å². The number of para-hydroxylation sites is 1. The zero-order valence-electron chi connectivity index (χ0n) is 11.0. The molecule has 100 valence electrons. The number of hydrogen-bond acceptors (Lipinski definition) is 3. The van der Waals surface area contributed by atoms with E-state index in [4.69, 9.17) is 4.42 Å². The Morgan fingerprint density at radius 1 is 1.32 bits per heavy atom. The van der Waals surface area contributed by atoms with Gasteiger partial charge in [-0.1, -0.05) is 32.3 Å². The molecule has 0 saturated heterocycles. The van der Waals surface area contributed by atoms with Crippen LogP contribution in [0.5, 0.6) is 0 Å². The van der Waals surface area contributed by atoms with Crippen molar-refractivity contribution in [2.45, 2.75) is 44.4 Å². The molecule has 1 N–H and O–H groups in total. The lowest BCUT2D eigenvalue weighted by Crippen LogP contribution is -2.25. The van der Waals surface area contributed by atoms with Gasteiger partial charge in [-0.25, -0.2) is 9.78 Å². The zero-order valence-corrected chi connectivity index (χ0v) is 11.0. The number of rotatable bonds is 2. The number of oxazole rings is 1. The molecular weight excluding hydrogens is 242 g/mol. The lowest BCUT2D eigenvalue weighted by molar-refractivity contribution is 0.0699. The van der Waals surface area contributed by atoms with E-state index in [1.54, 1.807) is 18.2 Å². The van der Waals surface area contributed by atoms with Crippen molar-refractivity contribution in [1.82, 2.24) is 4.98 Å². The molecule has 0 atom stereocenters. The third-order valence-electron chi connectivity index (χ3n) is 4.12. The van der Waals surface area contributed by atoms with Crippen LogP contribution in [0, 0.1) is 0 Å². The Hall–Kier alpha value is -1.84. The Bertz CT molecular complexity index is 623. The number of aromatic carboxylic acids is 1. The average molecular weight is 259 g/mol. The summed E-state index contributed by atoms with van der Waals surface area (Å²) < 4.78 is 5.83. The van der Waals surface area contributed by atoms with Gasteiger partial charge in [0.05, 0.1) is 5.56 Å². The van der Waals surface area contributed by atoms with Crippen molar-refractivity contribution < 1.29 is 14.3 Å². The lowest BCUT2D eigenvalue weighted by Gasteiger charge is -2.30. The van der Waals surface area contributed by atoms with E-state index in [2.05, 4.69) is 11.9 Å². The summed E-state index contributed by atoms with van der Waals surface area (Å²) in [7, 11) is 0. The largest absolute Gasteiger partial charge is 0.478 e. The van der Waals surface area contributed by atoms with Gasteiger partial charge in [0.2, 0.25) is 5.89 Å². The molecule has 0 aliphatic heterocycles. The Balaban J connectivity index is 2.11. The van der Waals surface area contributed by atoms with Crippen LogP contribution in [0.15, 0.2) is 22.6 Å². The molecule has 1 heterocycles. The molecule has 19 heavy (non-hydrogen) atoms. The van der Waals surface area contributed by atoms with Crippen molar-refractivity contribution in [3.05, 3.63) is 29.7 Å². The molecule has 1 fully saturated rings. The van der Waals surface area contributed by atoms with Gasteiger partial charge in [0.25, 0.3) is 0 Å². The second-order valence-corrected chi connectivity index (χ2v) is 5.60. The van der Waals surface area contributed by atoms with E-state index in [0.29, 0.717) is 17.0 Å². The fourth-order valence-corrected chi connectivity index (χ4v) is 2.93. The number of hydrogen-bond donors (Lipinski definition) is 1. The number of fused-ring (bicyclic) bond motifs is 1. The van der Waals surface area contributed by atoms with E-state index < -0.39 is 5.97 Å². The van der Waals surface area contributed by atoms with Crippen molar-refractivity contribution >= 4 is 17.1 Å². The molecule has 0 radical (unpaired) electrons. The molecule has 0 spiro atoms.